The fourth-order valence-corrected chi connectivity index (χ4v) is 3.80. The molecule has 2 aromatic carbocycles. The highest BCUT2D eigenvalue weighted by Crippen LogP contribution is 2.29. The van der Waals surface area contributed by atoms with Gasteiger partial charge in [0.2, 0.25) is 0 Å². The third-order valence-corrected chi connectivity index (χ3v) is 5.69. The molecule has 34 heavy (non-hydrogen) atoms. The van der Waals surface area contributed by atoms with E-state index < -0.39 is 0 Å². The highest BCUT2D eigenvalue weighted by atomic mass is 32.2. The van der Waals surface area contributed by atoms with Crippen LogP contribution in [-0.2, 0) is 4.79 Å². The van der Waals surface area contributed by atoms with Crippen molar-refractivity contribution >= 4 is 30.0 Å². The van der Waals surface area contributed by atoms with E-state index in [1.807, 2.05) is 66.1 Å². The largest absolute Gasteiger partial charge is 0.497 e. The average Bonchev–Trinajstić information content (AvgIpc) is 3.53. The number of furan rings is 1. The van der Waals surface area contributed by atoms with Crippen molar-refractivity contribution in [2.75, 3.05) is 12.9 Å². The number of thioether (sulfide) groups is 1. The molecule has 0 radical (unpaired) electrons. The summed E-state index contributed by atoms with van der Waals surface area (Å²) in [6.07, 6.45) is 6.50. The maximum atomic E-state index is 12.3. The lowest BCUT2D eigenvalue weighted by Gasteiger charge is -2.11. The van der Waals surface area contributed by atoms with Crippen LogP contribution in [0.2, 0.25) is 0 Å². The number of nitrogens with zero attached hydrogens (tertiary/aromatic N) is 4. The van der Waals surface area contributed by atoms with E-state index in [2.05, 4.69) is 20.7 Å². The lowest BCUT2D eigenvalue weighted by atomic mass is 10.1. The van der Waals surface area contributed by atoms with E-state index in [4.69, 9.17) is 9.15 Å². The van der Waals surface area contributed by atoms with Gasteiger partial charge in [-0.15, -0.1) is 10.2 Å². The quantitative estimate of drug-likeness (QED) is 0.214. The van der Waals surface area contributed by atoms with E-state index in [-0.39, 0.29) is 11.7 Å². The monoisotopic (exact) mass is 473 g/mol. The van der Waals surface area contributed by atoms with Gasteiger partial charge < -0.3 is 9.15 Å². The molecule has 0 saturated heterocycles. The van der Waals surface area contributed by atoms with E-state index in [1.165, 1.54) is 18.0 Å². The predicted molar refractivity (Wildman–Crippen MR) is 133 cm³/mol. The molecule has 9 heteroatoms. The minimum Gasteiger partial charge on any atom is -0.497 e. The van der Waals surface area contributed by atoms with Crippen LogP contribution in [0.15, 0.2) is 87.7 Å². The van der Waals surface area contributed by atoms with Gasteiger partial charge in [0.05, 0.1) is 19.1 Å². The van der Waals surface area contributed by atoms with Crippen LogP contribution in [0.25, 0.3) is 23.2 Å². The van der Waals surface area contributed by atoms with Crippen molar-refractivity contribution in [3.05, 3.63) is 84.3 Å². The van der Waals surface area contributed by atoms with Crippen LogP contribution in [-0.4, -0.2) is 39.7 Å². The van der Waals surface area contributed by atoms with E-state index in [1.54, 1.807) is 31.6 Å². The number of carbonyl (C=O) groups excluding carboxylic acids is 1. The van der Waals surface area contributed by atoms with Crippen molar-refractivity contribution in [3.63, 3.8) is 0 Å². The van der Waals surface area contributed by atoms with Gasteiger partial charge in [0.25, 0.3) is 5.91 Å². The number of hydrogen-bond acceptors (Lipinski definition) is 7. The summed E-state index contributed by atoms with van der Waals surface area (Å²) in [5, 5.41) is 13.3. The number of benzene rings is 2. The fourth-order valence-electron chi connectivity index (χ4n) is 3.06. The lowest BCUT2D eigenvalue weighted by Crippen LogP contribution is -2.19. The Morgan fingerprint density at radius 1 is 1.15 bits per heavy atom. The zero-order chi connectivity index (χ0) is 23.8. The van der Waals surface area contributed by atoms with Crippen LogP contribution in [0, 0.1) is 6.92 Å². The number of ether oxygens (including phenoxy) is 1. The maximum absolute atomic E-state index is 12.3. The summed E-state index contributed by atoms with van der Waals surface area (Å²) in [7, 11) is 1.63. The predicted octanol–water partition coefficient (Wildman–Crippen LogP) is 4.75. The Kier molecular flexibility index (Phi) is 7.56. The molecule has 2 heterocycles. The summed E-state index contributed by atoms with van der Waals surface area (Å²) in [5.74, 6) is 2.02. The molecule has 0 unspecified atom stereocenters. The maximum Gasteiger partial charge on any atom is 0.250 e. The summed E-state index contributed by atoms with van der Waals surface area (Å²) >= 11 is 1.28. The summed E-state index contributed by atoms with van der Waals surface area (Å²) < 4.78 is 12.4. The molecule has 2 aromatic heterocycles. The van der Waals surface area contributed by atoms with E-state index in [0.29, 0.717) is 16.7 Å². The molecule has 0 atom stereocenters. The SMILES string of the molecule is COc1ccc(-n2c(SCC(=O)N/N=C/C=C/c3ccco3)nnc2-c2ccc(C)cc2)cc1. The Morgan fingerprint density at radius 2 is 1.94 bits per heavy atom. The summed E-state index contributed by atoms with van der Waals surface area (Å²) in [6.45, 7) is 2.03. The zero-order valence-electron chi connectivity index (χ0n) is 18.7. The van der Waals surface area contributed by atoms with Crippen LogP contribution in [0.4, 0.5) is 0 Å². The molecular formula is C25H23N5O3S. The molecule has 1 amide bonds. The van der Waals surface area contributed by atoms with Crippen molar-refractivity contribution in [2.24, 2.45) is 5.10 Å². The number of hydrogen-bond donors (Lipinski definition) is 1. The van der Waals surface area contributed by atoms with Crippen molar-refractivity contribution < 1.29 is 13.9 Å². The molecule has 0 spiro atoms. The zero-order valence-corrected chi connectivity index (χ0v) is 19.5. The number of allylic oxidation sites excluding steroid dienone is 1. The molecule has 0 fully saturated rings. The Morgan fingerprint density at radius 3 is 2.65 bits per heavy atom. The van der Waals surface area contributed by atoms with Gasteiger partial charge in [-0.25, -0.2) is 5.43 Å². The summed E-state index contributed by atoms with van der Waals surface area (Å²) in [4.78, 5) is 12.3. The minimum absolute atomic E-state index is 0.126. The molecule has 4 rings (SSSR count). The highest BCUT2D eigenvalue weighted by molar-refractivity contribution is 7.99. The molecule has 0 aliphatic carbocycles. The molecule has 0 aliphatic heterocycles. The topological polar surface area (TPSA) is 94.5 Å². The van der Waals surface area contributed by atoms with Gasteiger partial charge >= 0.3 is 0 Å². The van der Waals surface area contributed by atoms with Crippen LogP contribution in [0.1, 0.15) is 11.3 Å². The fraction of sp³-hybridized carbons (Fsp3) is 0.120. The minimum atomic E-state index is -0.256. The molecule has 1 N–H and O–H groups in total. The Labute approximate surface area is 201 Å². The van der Waals surface area contributed by atoms with Crippen LogP contribution in [0.3, 0.4) is 0 Å². The second-order valence-electron chi connectivity index (χ2n) is 7.18. The van der Waals surface area contributed by atoms with Crippen molar-refractivity contribution in [2.45, 2.75) is 12.1 Å². The van der Waals surface area contributed by atoms with Gasteiger partial charge in [-0.1, -0.05) is 41.6 Å². The van der Waals surface area contributed by atoms with Crippen molar-refractivity contribution in [3.8, 4) is 22.8 Å². The van der Waals surface area contributed by atoms with Gasteiger partial charge in [-0.3, -0.25) is 9.36 Å². The number of aromatic nitrogens is 3. The molecule has 172 valence electrons. The van der Waals surface area contributed by atoms with E-state index in [0.717, 1.165) is 22.6 Å². The summed E-state index contributed by atoms with van der Waals surface area (Å²) in [6, 6.07) is 19.3. The first-order valence-corrected chi connectivity index (χ1v) is 11.4. The average molecular weight is 474 g/mol. The Hall–Kier alpha value is -4.11. The third kappa shape index (κ3) is 5.81. The molecular weight excluding hydrogens is 450 g/mol. The number of hydrazone groups is 1. The number of methoxy groups -OCH3 is 1. The smallest absolute Gasteiger partial charge is 0.250 e. The van der Waals surface area contributed by atoms with E-state index in [9.17, 15) is 4.79 Å². The van der Waals surface area contributed by atoms with Gasteiger partial charge in [-0.05, 0) is 55.5 Å². The number of amides is 1. The normalized spacial score (nSPS) is 11.4. The first kappa shape index (κ1) is 23.1. The number of nitrogens with one attached hydrogen (secondary N) is 1. The Balaban J connectivity index is 1.48. The van der Waals surface area contributed by atoms with Gasteiger partial charge in [0, 0.05) is 17.5 Å². The second kappa shape index (κ2) is 11.2. The molecule has 0 bridgehead atoms. The third-order valence-electron chi connectivity index (χ3n) is 4.76. The summed E-state index contributed by atoms with van der Waals surface area (Å²) in [5.41, 5.74) is 5.46. The van der Waals surface area contributed by atoms with Gasteiger partial charge in [-0.2, -0.15) is 5.10 Å². The molecule has 8 nitrogen and oxygen atoms in total. The Bertz CT molecular complexity index is 1280. The van der Waals surface area contributed by atoms with Crippen LogP contribution < -0.4 is 10.2 Å². The lowest BCUT2D eigenvalue weighted by molar-refractivity contribution is -0.118. The highest BCUT2D eigenvalue weighted by Gasteiger charge is 2.17. The van der Waals surface area contributed by atoms with Crippen molar-refractivity contribution in [1.29, 1.82) is 0 Å². The molecule has 0 aliphatic rings. The first-order chi connectivity index (χ1) is 16.6. The number of aryl methyl sites for hydroxylation is 1. The van der Waals surface area contributed by atoms with Crippen LogP contribution >= 0.6 is 11.8 Å². The first-order valence-electron chi connectivity index (χ1n) is 10.5. The second-order valence-corrected chi connectivity index (χ2v) is 8.12. The van der Waals surface area contributed by atoms with Crippen molar-refractivity contribution in [1.82, 2.24) is 20.2 Å². The molecule has 4 aromatic rings. The van der Waals surface area contributed by atoms with Crippen LogP contribution in [0.5, 0.6) is 5.75 Å². The number of rotatable bonds is 9. The van der Waals surface area contributed by atoms with Gasteiger partial charge in [0.1, 0.15) is 11.5 Å². The van der Waals surface area contributed by atoms with E-state index >= 15 is 0 Å². The standard InChI is InChI=1S/C25H23N5O3S/c1-18-7-9-19(10-8-18)24-28-29-25(30(24)20-11-13-21(32-2)14-12-20)34-17-23(31)27-26-15-3-5-22-6-4-16-33-22/h3-16H,17H2,1-2H3,(H,27,31)/b5-3+,26-15+. The molecule has 0 saturated carbocycles. The number of carbonyl (C=O) groups is 1. The van der Waals surface area contributed by atoms with Gasteiger partial charge in [0.15, 0.2) is 11.0 Å².